The molecule has 0 saturated carbocycles. The maximum absolute atomic E-state index is 5.86. The van der Waals surface area contributed by atoms with Gasteiger partial charge in [-0.1, -0.05) is 20.3 Å². The van der Waals surface area contributed by atoms with E-state index in [0.29, 0.717) is 6.04 Å². The fourth-order valence-electron chi connectivity index (χ4n) is 1.43. The smallest absolute Gasteiger partial charge is 0.00386 e. The molecule has 2 unspecified atom stereocenters. The Morgan fingerprint density at radius 3 is 2.42 bits per heavy atom. The Balaban J connectivity index is 3.32. The van der Waals surface area contributed by atoms with Gasteiger partial charge in [0.05, 0.1) is 0 Å². The van der Waals surface area contributed by atoms with Gasteiger partial charge in [0, 0.05) is 6.04 Å². The fraction of sp³-hybridized carbons (Fsp3) is 1.00. The van der Waals surface area contributed by atoms with Gasteiger partial charge in [-0.05, 0) is 37.2 Å². The fourth-order valence-corrected chi connectivity index (χ4v) is 2.09. The molecule has 0 saturated heterocycles. The van der Waals surface area contributed by atoms with E-state index in [1.54, 1.807) is 0 Å². The molecule has 12 heavy (non-hydrogen) atoms. The van der Waals surface area contributed by atoms with Crippen LogP contribution in [0.15, 0.2) is 0 Å². The molecule has 0 bridgehead atoms. The van der Waals surface area contributed by atoms with Gasteiger partial charge in [0.25, 0.3) is 0 Å². The predicted molar refractivity (Wildman–Crippen MR) is 59.7 cm³/mol. The van der Waals surface area contributed by atoms with Crippen molar-refractivity contribution in [1.82, 2.24) is 0 Å². The number of nitrogens with two attached hydrogens (primary N) is 1. The van der Waals surface area contributed by atoms with Crippen LogP contribution in [0.1, 0.15) is 40.0 Å². The van der Waals surface area contributed by atoms with Crippen LogP contribution < -0.4 is 5.73 Å². The summed E-state index contributed by atoms with van der Waals surface area (Å²) in [6.45, 7) is 6.58. The van der Waals surface area contributed by atoms with Crippen LogP contribution in [0.25, 0.3) is 0 Å². The van der Waals surface area contributed by atoms with E-state index in [2.05, 4.69) is 20.8 Å². The molecule has 0 aliphatic rings. The van der Waals surface area contributed by atoms with Crippen molar-refractivity contribution in [2.45, 2.75) is 46.1 Å². The number of rotatable bonds is 7. The second-order valence-corrected chi connectivity index (χ2v) is 4.76. The Kier molecular flexibility index (Phi) is 8.14. The van der Waals surface area contributed by atoms with Crippen molar-refractivity contribution in [3.05, 3.63) is 0 Å². The van der Waals surface area contributed by atoms with Crippen molar-refractivity contribution < 1.29 is 0 Å². The zero-order valence-corrected chi connectivity index (χ0v) is 9.49. The van der Waals surface area contributed by atoms with Gasteiger partial charge in [-0.15, -0.1) is 0 Å². The van der Waals surface area contributed by atoms with Crippen molar-refractivity contribution in [2.75, 3.05) is 11.5 Å². The first-order valence-electron chi connectivity index (χ1n) is 5.05. The maximum Gasteiger partial charge on any atom is 0.00386 e. The van der Waals surface area contributed by atoms with Gasteiger partial charge in [0.1, 0.15) is 0 Å². The lowest BCUT2D eigenvalue weighted by Crippen LogP contribution is -2.26. The minimum Gasteiger partial charge on any atom is -0.328 e. The van der Waals surface area contributed by atoms with Gasteiger partial charge < -0.3 is 5.73 Å². The number of hydrogen-bond donors (Lipinski definition) is 1. The highest BCUT2D eigenvalue weighted by atomic mass is 32.2. The van der Waals surface area contributed by atoms with Crippen LogP contribution in [-0.2, 0) is 0 Å². The highest BCUT2D eigenvalue weighted by Crippen LogP contribution is 2.15. The zero-order valence-electron chi connectivity index (χ0n) is 8.68. The van der Waals surface area contributed by atoms with Crippen molar-refractivity contribution in [1.29, 1.82) is 0 Å². The second-order valence-electron chi connectivity index (χ2n) is 3.37. The molecule has 2 atom stereocenters. The van der Waals surface area contributed by atoms with Gasteiger partial charge >= 0.3 is 0 Å². The average molecular weight is 189 g/mol. The summed E-state index contributed by atoms with van der Waals surface area (Å²) in [5.41, 5.74) is 5.86. The Bertz CT molecular complexity index is 93.8. The summed E-state index contributed by atoms with van der Waals surface area (Å²) in [4.78, 5) is 0. The molecule has 0 aromatic carbocycles. The summed E-state index contributed by atoms with van der Waals surface area (Å²) in [5.74, 6) is 3.29. The molecule has 0 aromatic rings. The average Bonchev–Trinajstić information content (AvgIpc) is 2.04. The highest BCUT2D eigenvalue weighted by Gasteiger charge is 2.09. The van der Waals surface area contributed by atoms with Crippen molar-refractivity contribution in [3.63, 3.8) is 0 Å². The Morgan fingerprint density at radius 1 is 1.33 bits per heavy atom. The molecule has 0 aromatic heterocycles. The van der Waals surface area contributed by atoms with Crippen LogP contribution in [0.3, 0.4) is 0 Å². The van der Waals surface area contributed by atoms with Crippen LogP contribution in [0.2, 0.25) is 0 Å². The third-order valence-electron chi connectivity index (χ3n) is 2.34. The van der Waals surface area contributed by atoms with E-state index in [4.69, 9.17) is 5.73 Å². The Morgan fingerprint density at radius 2 is 2.00 bits per heavy atom. The predicted octanol–water partition coefficient (Wildman–Crippen LogP) is 2.89. The van der Waals surface area contributed by atoms with E-state index in [9.17, 15) is 0 Å². The van der Waals surface area contributed by atoms with Gasteiger partial charge in [-0.3, -0.25) is 0 Å². The molecule has 74 valence electrons. The molecule has 0 radical (unpaired) electrons. The van der Waals surface area contributed by atoms with Crippen molar-refractivity contribution in [3.8, 4) is 0 Å². The summed E-state index contributed by atoms with van der Waals surface area (Å²) in [5, 5.41) is 0. The molecular weight excluding hydrogens is 166 g/mol. The van der Waals surface area contributed by atoms with Crippen molar-refractivity contribution >= 4 is 11.8 Å². The maximum atomic E-state index is 5.86. The van der Waals surface area contributed by atoms with Crippen LogP contribution in [0, 0.1) is 5.92 Å². The Hall–Kier alpha value is 0.310. The number of hydrogen-bond acceptors (Lipinski definition) is 2. The molecule has 0 heterocycles. The SMILES string of the molecule is CCSCCCC(CC)C(C)N. The molecular formula is C10H23NS. The summed E-state index contributed by atoms with van der Waals surface area (Å²) >= 11 is 2.03. The van der Waals surface area contributed by atoms with Crippen LogP contribution in [0.5, 0.6) is 0 Å². The zero-order chi connectivity index (χ0) is 9.40. The van der Waals surface area contributed by atoms with Crippen LogP contribution in [-0.4, -0.2) is 17.5 Å². The van der Waals surface area contributed by atoms with E-state index in [1.807, 2.05) is 11.8 Å². The van der Waals surface area contributed by atoms with E-state index in [0.717, 1.165) is 5.92 Å². The molecule has 1 nitrogen and oxygen atoms in total. The molecule has 0 spiro atoms. The molecule has 0 aliphatic heterocycles. The highest BCUT2D eigenvalue weighted by molar-refractivity contribution is 7.99. The molecule has 2 heteroatoms. The van der Waals surface area contributed by atoms with E-state index >= 15 is 0 Å². The van der Waals surface area contributed by atoms with Gasteiger partial charge in [0.15, 0.2) is 0 Å². The van der Waals surface area contributed by atoms with Gasteiger partial charge in [-0.2, -0.15) is 11.8 Å². The summed E-state index contributed by atoms with van der Waals surface area (Å²) in [6.07, 6.45) is 3.87. The quantitative estimate of drug-likeness (QED) is 0.623. The summed E-state index contributed by atoms with van der Waals surface area (Å²) in [7, 11) is 0. The van der Waals surface area contributed by atoms with E-state index in [-0.39, 0.29) is 0 Å². The lowest BCUT2D eigenvalue weighted by Gasteiger charge is -2.18. The third kappa shape index (κ3) is 5.90. The Labute approximate surface area is 81.5 Å². The lowest BCUT2D eigenvalue weighted by atomic mass is 9.94. The normalized spacial score (nSPS) is 16.0. The molecule has 0 aliphatic carbocycles. The first kappa shape index (κ1) is 12.3. The van der Waals surface area contributed by atoms with Gasteiger partial charge in [0.2, 0.25) is 0 Å². The minimum atomic E-state index is 0.377. The summed E-state index contributed by atoms with van der Waals surface area (Å²) in [6, 6.07) is 0.377. The van der Waals surface area contributed by atoms with Gasteiger partial charge in [-0.25, -0.2) is 0 Å². The first-order chi connectivity index (χ1) is 5.72. The number of thioether (sulfide) groups is 1. The molecule has 0 rings (SSSR count). The van der Waals surface area contributed by atoms with Crippen LogP contribution in [0.4, 0.5) is 0 Å². The van der Waals surface area contributed by atoms with Crippen molar-refractivity contribution in [2.24, 2.45) is 11.7 Å². The standard InChI is InChI=1S/C10H23NS/c1-4-10(9(3)11)7-6-8-12-5-2/h9-10H,4-8,11H2,1-3H3. The minimum absolute atomic E-state index is 0.377. The second kappa shape index (κ2) is 7.93. The molecule has 2 N–H and O–H groups in total. The molecule has 0 fully saturated rings. The van der Waals surface area contributed by atoms with E-state index in [1.165, 1.54) is 30.8 Å². The largest absolute Gasteiger partial charge is 0.328 e. The summed E-state index contributed by atoms with van der Waals surface area (Å²) < 4.78 is 0. The topological polar surface area (TPSA) is 26.0 Å². The monoisotopic (exact) mass is 189 g/mol. The third-order valence-corrected chi connectivity index (χ3v) is 3.32. The molecule has 0 amide bonds. The lowest BCUT2D eigenvalue weighted by molar-refractivity contribution is 0.398. The van der Waals surface area contributed by atoms with Crippen LogP contribution >= 0.6 is 11.8 Å². The van der Waals surface area contributed by atoms with E-state index < -0.39 is 0 Å². The first-order valence-corrected chi connectivity index (χ1v) is 6.21.